The summed E-state index contributed by atoms with van der Waals surface area (Å²) in [5.74, 6) is -5.08. The summed E-state index contributed by atoms with van der Waals surface area (Å²) in [5.41, 5.74) is 11.0. The molecule has 4 atom stereocenters. The van der Waals surface area contributed by atoms with E-state index in [1.54, 1.807) is 13.8 Å². The zero-order valence-electron chi connectivity index (χ0n) is 25.0. The molecule has 0 aliphatic carbocycles. The lowest BCUT2D eigenvalue weighted by Gasteiger charge is -2.20. The number of nitrogens with two attached hydrogens (primary N) is 2. The third-order valence-corrected chi connectivity index (χ3v) is 7.39. The largest absolute Gasteiger partial charge is 0.462 e. The number of aliphatic hydroxyl groups is 2. The molecule has 0 heterocycles. The smallest absolute Gasteiger partial charge is 0.305 e. The van der Waals surface area contributed by atoms with Gasteiger partial charge in [-0.3, -0.25) is 33.6 Å². The Kier molecular flexibility index (Phi) is 22.2. The number of ketones is 4. The van der Waals surface area contributed by atoms with Gasteiger partial charge in [-0.25, -0.2) is 0 Å². The Balaban J connectivity index is 4.68. The number of aliphatic hydroxyl groups excluding tert-OH is 2. The Bertz CT molecular complexity index is 929. The fourth-order valence-electron chi connectivity index (χ4n) is 3.53. The van der Waals surface area contributed by atoms with Crippen molar-refractivity contribution in [1.29, 1.82) is 0 Å². The topological polar surface area (TPSA) is 240 Å². The van der Waals surface area contributed by atoms with E-state index in [1.165, 1.54) is 11.8 Å². The zero-order valence-corrected chi connectivity index (χ0v) is 25.8. The molecule has 6 N–H and O–H groups in total. The quantitative estimate of drug-likeness (QED) is 0.0668. The van der Waals surface area contributed by atoms with Crippen LogP contribution in [0.4, 0.5) is 0 Å². The van der Waals surface area contributed by atoms with Crippen molar-refractivity contribution >= 4 is 52.7 Å². The summed E-state index contributed by atoms with van der Waals surface area (Å²) >= 11 is 1.20. The number of hydrogen-bond acceptors (Lipinski definition) is 14. The monoisotopic (exact) mass is 634 g/mol. The van der Waals surface area contributed by atoms with Crippen LogP contribution in [0.3, 0.4) is 0 Å². The molecule has 0 saturated carbocycles. The van der Waals surface area contributed by atoms with Crippen molar-refractivity contribution in [3.8, 4) is 0 Å². The summed E-state index contributed by atoms with van der Waals surface area (Å²) in [6.07, 6.45) is -1.04. The number of carbonyl (C=O) groups is 7. The number of esters is 2. The van der Waals surface area contributed by atoms with Crippen LogP contribution in [0.2, 0.25) is 0 Å². The molecule has 0 fully saturated rings. The Labute approximate surface area is 255 Å². The van der Waals surface area contributed by atoms with Gasteiger partial charge in [0.05, 0.1) is 19.3 Å². The summed E-state index contributed by atoms with van der Waals surface area (Å²) in [7, 11) is 0. The Morgan fingerprint density at radius 2 is 1.40 bits per heavy atom. The molecular formula is C28H46N2O12S. The van der Waals surface area contributed by atoms with E-state index in [4.69, 9.17) is 25.7 Å². The number of carbonyl (C=O) groups excluding carboxylic acids is 7. The highest BCUT2D eigenvalue weighted by atomic mass is 32.2. The summed E-state index contributed by atoms with van der Waals surface area (Å²) in [6.45, 7) is 1.72. The number of thioether (sulfide) groups is 1. The fraction of sp³-hybridized carbons (Fsp3) is 0.750. The minimum absolute atomic E-state index is 0.0228. The van der Waals surface area contributed by atoms with Crippen LogP contribution in [0.25, 0.3) is 0 Å². The predicted molar refractivity (Wildman–Crippen MR) is 156 cm³/mol. The summed E-state index contributed by atoms with van der Waals surface area (Å²) in [5, 5.41) is 19.4. The number of rotatable bonds is 27. The molecule has 4 unspecified atom stereocenters. The van der Waals surface area contributed by atoms with E-state index in [-0.39, 0.29) is 88.5 Å². The normalized spacial score (nSPS) is 13.8. The third-order valence-electron chi connectivity index (χ3n) is 6.19. The van der Waals surface area contributed by atoms with Gasteiger partial charge in [0, 0.05) is 74.9 Å². The lowest BCUT2D eigenvalue weighted by molar-refractivity contribution is -0.157. The van der Waals surface area contributed by atoms with E-state index in [2.05, 4.69) is 0 Å². The molecule has 43 heavy (non-hydrogen) atoms. The van der Waals surface area contributed by atoms with Crippen LogP contribution in [0.1, 0.15) is 65.2 Å². The standard InChI is InChI=1S/C28H46N2O12S/c1-3-27(38)41-15-21(42-28(39)4-2)16-43-17-22(29)25(36)11-19(13-32)24(35)10-18(12-31)23(34)6-5-9-40-14-20(33)7-8-26(30)37/h18-19,21-22,31-32H,3-17,29H2,1-2H3,(H2,30,37). The minimum atomic E-state index is -1.10. The second kappa shape index (κ2) is 23.7. The van der Waals surface area contributed by atoms with Crippen LogP contribution in [0, 0.1) is 11.8 Å². The van der Waals surface area contributed by atoms with Crippen molar-refractivity contribution in [3.05, 3.63) is 0 Å². The number of primary amides is 1. The molecule has 0 bridgehead atoms. The van der Waals surface area contributed by atoms with Gasteiger partial charge in [0.15, 0.2) is 11.6 Å². The average Bonchev–Trinajstić information content (AvgIpc) is 2.98. The van der Waals surface area contributed by atoms with E-state index in [9.17, 15) is 43.8 Å². The molecule has 0 aromatic rings. The predicted octanol–water partition coefficient (Wildman–Crippen LogP) is -0.342. The van der Waals surface area contributed by atoms with Gasteiger partial charge in [-0.05, 0) is 6.42 Å². The van der Waals surface area contributed by atoms with Gasteiger partial charge in [-0.15, -0.1) is 0 Å². The fourth-order valence-corrected chi connectivity index (χ4v) is 4.53. The molecule has 0 rings (SSSR count). The maximum Gasteiger partial charge on any atom is 0.305 e. The molecule has 0 spiro atoms. The summed E-state index contributed by atoms with van der Waals surface area (Å²) in [4.78, 5) is 83.2. The third kappa shape index (κ3) is 19.2. The second-order valence-corrected chi connectivity index (χ2v) is 10.9. The van der Waals surface area contributed by atoms with Gasteiger partial charge < -0.3 is 35.9 Å². The molecule has 0 aromatic heterocycles. The number of Topliss-reactive ketones (excluding diaryl/α,β-unsaturated/α-hetero) is 4. The van der Waals surface area contributed by atoms with Crippen molar-refractivity contribution in [1.82, 2.24) is 0 Å². The van der Waals surface area contributed by atoms with E-state index in [0.717, 1.165) is 0 Å². The van der Waals surface area contributed by atoms with Gasteiger partial charge in [-0.1, -0.05) is 13.8 Å². The highest BCUT2D eigenvalue weighted by Gasteiger charge is 2.29. The minimum Gasteiger partial charge on any atom is -0.462 e. The molecule has 246 valence electrons. The van der Waals surface area contributed by atoms with E-state index < -0.39 is 72.4 Å². The summed E-state index contributed by atoms with van der Waals surface area (Å²) < 4.78 is 15.5. The van der Waals surface area contributed by atoms with Crippen molar-refractivity contribution in [2.45, 2.75) is 77.4 Å². The van der Waals surface area contributed by atoms with Gasteiger partial charge in [-0.2, -0.15) is 11.8 Å². The molecule has 1 amide bonds. The van der Waals surface area contributed by atoms with Crippen LogP contribution >= 0.6 is 11.8 Å². The van der Waals surface area contributed by atoms with E-state index in [1.807, 2.05) is 0 Å². The molecule has 15 heteroatoms. The second-order valence-electron chi connectivity index (χ2n) is 9.87. The first-order valence-corrected chi connectivity index (χ1v) is 15.4. The van der Waals surface area contributed by atoms with Crippen molar-refractivity contribution in [2.75, 3.05) is 44.5 Å². The molecule has 0 radical (unpaired) electrons. The van der Waals surface area contributed by atoms with Gasteiger partial charge in [0.25, 0.3) is 0 Å². The molecular weight excluding hydrogens is 588 g/mol. The number of ether oxygens (including phenoxy) is 3. The first kappa shape index (κ1) is 40.3. The van der Waals surface area contributed by atoms with Crippen molar-refractivity contribution < 1.29 is 58.0 Å². The Morgan fingerprint density at radius 1 is 0.791 bits per heavy atom. The van der Waals surface area contributed by atoms with Gasteiger partial charge in [0.2, 0.25) is 5.91 Å². The molecule has 0 aromatic carbocycles. The first-order chi connectivity index (χ1) is 20.4. The van der Waals surface area contributed by atoms with E-state index in [0.29, 0.717) is 0 Å². The number of hydrogen-bond donors (Lipinski definition) is 4. The number of amides is 1. The van der Waals surface area contributed by atoms with Crippen LogP contribution in [0.5, 0.6) is 0 Å². The van der Waals surface area contributed by atoms with Gasteiger partial charge >= 0.3 is 11.9 Å². The molecule has 14 nitrogen and oxygen atoms in total. The lowest BCUT2D eigenvalue weighted by atomic mass is 9.88. The Morgan fingerprint density at radius 3 is 1.98 bits per heavy atom. The molecule has 0 aliphatic rings. The van der Waals surface area contributed by atoms with Crippen molar-refractivity contribution in [3.63, 3.8) is 0 Å². The van der Waals surface area contributed by atoms with Crippen molar-refractivity contribution in [2.24, 2.45) is 23.3 Å². The summed E-state index contributed by atoms with van der Waals surface area (Å²) in [6, 6.07) is -0.995. The Hall–Kier alpha value is -2.72. The highest BCUT2D eigenvalue weighted by molar-refractivity contribution is 7.99. The first-order valence-electron chi connectivity index (χ1n) is 14.2. The maximum atomic E-state index is 12.7. The molecule has 0 aliphatic heterocycles. The van der Waals surface area contributed by atoms with Crippen LogP contribution in [0.15, 0.2) is 0 Å². The highest BCUT2D eigenvalue weighted by Crippen LogP contribution is 2.17. The molecule has 0 saturated heterocycles. The van der Waals surface area contributed by atoms with Crippen LogP contribution in [-0.2, 0) is 47.8 Å². The van der Waals surface area contributed by atoms with E-state index >= 15 is 0 Å². The van der Waals surface area contributed by atoms with Gasteiger partial charge in [0.1, 0.15) is 30.9 Å². The van der Waals surface area contributed by atoms with Crippen LogP contribution in [-0.4, -0.2) is 108 Å². The van der Waals surface area contributed by atoms with Crippen LogP contribution < -0.4 is 11.5 Å². The average molecular weight is 635 g/mol. The lowest BCUT2D eigenvalue weighted by Crippen LogP contribution is -2.37. The zero-order chi connectivity index (χ0) is 32.8. The SMILES string of the molecule is CCC(=O)OCC(CSCC(N)C(=O)CC(CO)C(=O)CC(CO)C(=O)CCCOCC(=O)CCC(N)=O)OC(=O)CC. The maximum absolute atomic E-state index is 12.7.